The number of ether oxygens (including phenoxy) is 1. The van der Waals surface area contributed by atoms with E-state index in [4.69, 9.17) is 9.72 Å². The molecule has 0 spiro atoms. The van der Waals surface area contributed by atoms with Crippen LogP contribution in [0.4, 0.5) is 0 Å². The van der Waals surface area contributed by atoms with Crippen molar-refractivity contribution in [2.45, 2.75) is 26.5 Å². The van der Waals surface area contributed by atoms with E-state index in [0.717, 1.165) is 44.4 Å². The maximum Gasteiger partial charge on any atom is 0.340 e. The molecule has 0 N–H and O–H groups in total. The molecule has 6 rings (SSSR count). The first-order chi connectivity index (χ1) is 17.6. The number of carbonyl (C=O) groups is 1. The lowest BCUT2D eigenvalue weighted by Gasteiger charge is -2.13. The van der Waals surface area contributed by atoms with E-state index in [1.165, 1.54) is 5.56 Å². The molecule has 176 valence electrons. The molecule has 36 heavy (non-hydrogen) atoms. The van der Waals surface area contributed by atoms with E-state index in [0.29, 0.717) is 22.9 Å². The van der Waals surface area contributed by atoms with Crippen LogP contribution in [0.5, 0.6) is 0 Å². The minimum Gasteiger partial charge on any atom is -0.439 e. The number of hydrogen-bond donors (Lipinski definition) is 0. The summed E-state index contributed by atoms with van der Waals surface area (Å²) in [6.07, 6.45) is 3.60. The topological polar surface area (TPSA) is 87.0 Å². The highest BCUT2D eigenvalue weighted by atomic mass is 16.5. The molecular weight excluding hydrogens is 452 g/mol. The highest BCUT2D eigenvalue weighted by molar-refractivity contribution is 6.07. The largest absolute Gasteiger partial charge is 0.439 e. The molecule has 0 unspecified atom stereocenters. The van der Waals surface area contributed by atoms with Crippen molar-refractivity contribution < 1.29 is 9.53 Å². The molecule has 1 aliphatic rings. The number of allylic oxidation sites excluding steroid dienone is 1. The molecule has 0 aliphatic heterocycles. The van der Waals surface area contributed by atoms with Crippen LogP contribution >= 0.6 is 0 Å². The summed E-state index contributed by atoms with van der Waals surface area (Å²) in [6.45, 7) is 1.73. The molecule has 0 atom stereocenters. The molecule has 0 saturated carbocycles. The lowest BCUT2D eigenvalue weighted by Crippen LogP contribution is -2.26. The Morgan fingerprint density at radius 3 is 2.47 bits per heavy atom. The predicted octanol–water partition coefficient (Wildman–Crippen LogP) is 4.95. The number of rotatable bonds is 4. The highest BCUT2D eigenvalue weighted by Gasteiger charge is 2.27. The van der Waals surface area contributed by atoms with E-state index >= 15 is 0 Å². The number of esters is 1. The van der Waals surface area contributed by atoms with Crippen molar-refractivity contribution in [3.63, 3.8) is 0 Å². The molecule has 0 radical (unpaired) electrons. The van der Waals surface area contributed by atoms with Gasteiger partial charge < -0.3 is 4.74 Å². The van der Waals surface area contributed by atoms with Gasteiger partial charge in [-0.1, -0.05) is 65.4 Å². The molecule has 0 fully saturated rings. The van der Waals surface area contributed by atoms with Gasteiger partial charge >= 0.3 is 5.97 Å². The zero-order valence-electron chi connectivity index (χ0n) is 19.6. The maximum absolute atomic E-state index is 13.4. The Labute approximate surface area is 206 Å². The van der Waals surface area contributed by atoms with Crippen molar-refractivity contribution in [2.75, 3.05) is 0 Å². The van der Waals surface area contributed by atoms with Crippen molar-refractivity contribution in [2.24, 2.45) is 0 Å². The molecule has 2 aromatic heterocycles. The van der Waals surface area contributed by atoms with Gasteiger partial charge in [0.1, 0.15) is 5.52 Å². The molecule has 1 aliphatic carbocycles. The van der Waals surface area contributed by atoms with Gasteiger partial charge in [0.25, 0.3) is 5.56 Å². The van der Waals surface area contributed by atoms with Gasteiger partial charge in [0.2, 0.25) is 0 Å². The van der Waals surface area contributed by atoms with Crippen LogP contribution in [0, 0.1) is 6.92 Å². The van der Waals surface area contributed by atoms with Crippen LogP contribution in [0.15, 0.2) is 77.6 Å². The molecular formula is C29H22N4O3. The van der Waals surface area contributed by atoms with Crippen molar-refractivity contribution in [3.8, 4) is 0 Å². The quantitative estimate of drug-likeness (QED) is 0.343. The first kappa shape index (κ1) is 21.9. The summed E-state index contributed by atoms with van der Waals surface area (Å²) in [5, 5.41) is 9.14. The Hall–Kier alpha value is -4.65. The third-order valence-corrected chi connectivity index (χ3v) is 6.51. The van der Waals surface area contributed by atoms with Crippen LogP contribution in [0.2, 0.25) is 0 Å². The molecule has 5 aromatic rings. The van der Waals surface area contributed by atoms with Crippen molar-refractivity contribution >= 4 is 39.4 Å². The van der Waals surface area contributed by atoms with Gasteiger partial charge in [-0.05, 0) is 60.7 Å². The fraction of sp³-hybridized carbons (Fsp3) is 0.138. The summed E-state index contributed by atoms with van der Waals surface area (Å²) < 4.78 is 6.68. The molecule has 7 nitrogen and oxygen atoms in total. The summed E-state index contributed by atoms with van der Waals surface area (Å²) >= 11 is 0. The van der Waals surface area contributed by atoms with Crippen LogP contribution < -0.4 is 5.56 Å². The molecule has 0 saturated heterocycles. The van der Waals surface area contributed by atoms with Crippen LogP contribution in [-0.4, -0.2) is 25.9 Å². The van der Waals surface area contributed by atoms with Gasteiger partial charge in [-0.2, -0.15) is 4.68 Å². The predicted molar refractivity (Wildman–Crippen MR) is 138 cm³/mol. The summed E-state index contributed by atoms with van der Waals surface area (Å²) in [7, 11) is 0. The Morgan fingerprint density at radius 1 is 0.944 bits per heavy atom. The zero-order valence-corrected chi connectivity index (χ0v) is 19.6. The molecule has 7 heteroatoms. The first-order valence-corrected chi connectivity index (χ1v) is 11.8. The van der Waals surface area contributed by atoms with Gasteiger partial charge in [-0.15, -0.1) is 5.10 Å². The molecule has 0 bridgehead atoms. The van der Waals surface area contributed by atoms with E-state index in [-0.39, 0.29) is 12.3 Å². The fourth-order valence-electron chi connectivity index (χ4n) is 4.68. The van der Waals surface area contributed by atoms with Crippen LogP contribution in [0.25, 0.3) is 33.5 Å². The SMILES string of the molecule is Cc1ccc(C=C2CCc3c2nc2ccccc2c3C(=O)OCn2nnc3ccccc3c2=O)cc1. The molecule has 3 aromatic carbocycles. The number of hydrogen-bond acceptors (Lipinski definition) is 6. The van der Waals surface area contributed by atoms with E-state index in [9.17, 15) is 9.59 Å². The van der Waals surface area contributed by atoms with E-state index in [2.05, 4.69) is 47.6 Å². The second-order valence-electron chi connectivity index (χ2n) is 8.88. The lowest BCUT2D eigenvalue weighted by molar-refractivity contribution is 0.0337. The van der Waals surface area contributed by atoms with Crippen LogP contribution in [0.3, 0.4) is 0 Å². The minimum atomic E-state index is -0.511. The third kappa shape index (κ3) is 3.84. The number of benzene rings is 3. The molecule has 2 heterocycles. The maximum atomic E-state index is 13.4. The smallest absolute Gasteiger partial charge is 0.340 e. The van der Waals surface area contributed by atoms with Crippen LogP contribution in [-0.2, 0) is 17.9 Å². The normalized spacial score (nSPS) is 13.9. The van der Waals surface area contributed by atoms with Crippen LogP contribution in [0.1, 0.15) is 39.2 Å². The standard InChI is InChI=1S/C29H22N4O3/c1-18-10-12-19(13-11-18)16-20-14-15-23-26(21-6-2-4-8-24(21)30-27(20)23)29(35)36-17-33-28(34)22-7-3-5-9-25(22)31-32-33/h2-13,16H,14-15,17H2,1H3. The summed E-state index contributed by atoms with van der Waals surface area (Å²) in [5.41, 5.74) is 6.43. The van der Waals surface area contributed by atoms with Gasteiger partial charge in [0.15, 0.2) is 6.73 Å². The number of pyridine rings is 1. The summed E-state index contributed by atoms with van der Waals surface area (Å²) in [4.78, 5) is 31.1. The monoisotopic (exact) mass is 474 g/mol. The number of nitrogens with zero attached hydrogens (tertiary/aromatic N) is 4. The van der Waals surface area contributed by atoms with Crippen molar-refractivity contribution in [1.29, 1.82) is 0 Å². The van der Waals surface area contributed by atoms with Gasteiger partial charge in [0.05, 0.1) is 22.2 Å². The van der Waals surface area contributed by atoms with E-state index in [1.807, 2.05) is 24.3 Å². The lowest BCUT2D eigenvalue weighted by atomic mass is 10.0. The highest BCUT2D eigenvalue weighted by Crippen LogP contribution is 2.37. The van der Waals surface area contributed by atoms with Crippen molar-refractivity contribution in [3.05, 3.63) is 111 Å². The number of aromatic nitrogens is 4. The third-order valence-electron chi connectivity index (χ3n) is 6.51. The Kier molecular flexibility index (Phi) is 5.37. The van der Waals surface area contributed by atoms with Crippen molar-refractivity contribution in [1.82, 2.24) is 20.0 Å². The Balaban J connectivity index is 1.38. The second-order valence-corrected chi connectivity index (χ2v) is 8.88. The Morgan fingerprint density at radius 2 is 1.67 bits per heavy atom. The zero-order chi connectivity index (χ0) is 24.6. The first-order valence-electron chi connectivity index (χ1n) is 11.8. The van der Waals surface area contributed by atoms with E-state index < -0.39 is 5.97 Å². The van der Waals surface area contributed by atoms with Gasteiger partial charge in [-0.3, -0.25) is 4.79 Å². The minimum absolute atomic E-state index is 0.326. The van der Waals surface area contributed by atoms with Gasteiger partial charge in [-0.25, -0.2) is 9.78 Å². The number of para-hydroxylation sites is 1. The fourth-order valence-corrected chi connectivity index (χ4v) is 4.68. The van der Waals surface area contributed by atoms with E-state index in [1.54, 1.807) is 24.3 Å². The average Bonchev–Trinajstić information content (AvgIpc) is 3.30. The second kappa shape index (κ2) is 8.85. The number of aryl methyl sites for hydroxylation is 1. The summed E-state index contributed by atoms with van der Waals surface area (Å²) in [5.74, 6) is -0.511. The molecule has 0 amide bonds. The van der Waals surface area contributed by atoms with Gasteiger partial charge in [0, 0.05) is 5.39 Å². The number of carbonyl (C=O) groups excluding carboxylic acids is 1. The number of fused-ring (bicyclic) bond motifs is 3. The summed E-state index contributed by atoms with van der Waals surface area (Å²) in [6, 6.07) is 22.8. The Bertz CT molecular complexity index is 1740. The average molecular weight is 475 g/mol.